The molecule has 0 spiro atoms. The van der Waals surface area contributed by atoms with Crippen LogP contribution in [0.4, 0.5) is 15.9 Å². The number of nitrogens with zero attached hydrogens (tertiary/aromatic N) is 2. The van der Waals surface area contributed by atoms with Crippen LogP contribution in [0.3, 0.4) is 0 Å². The Kier molecular flexibility index (Phi) is 4.08. The standard InChI is InChI=1S/C18H16BrFN4/c19-13-3-7-15(8-4-13)22-18-17(12-1-5-14(20)6-2-12)23-16-11-21-9-10-24(16)18/h1-8,21-22H,9-11H2. The highest BCUT2D eigenvalue weighted by Crippen LogP contribution is 2.32. The fourth-order valence-corrected chi connectivity index (χ4v) is 3.14. The van der Waals surface area contributed by atoms with Crippen molar-refractivity contribution in [1.82, 2.24) is 14.9 Å². The molecule has 1 aliphatic rings. The molecule has 0 saturated heterocycles. The average Bonchev–Trinajstić information content (AvgIpc) is 2.96. The van der Waals surface area contributed by atoms with E-state index in [9.17, 15) is 4.39 Å². The SMILES string of the molecule is Fc1ccc(-c2nc3n(c2Nc2ccc(Br)cc2)CCNC3)cc1. The lowest BCUT2D eigenvalue weighted by atomic mass is 10.1. The van der Waals surface area contributed by atoms with Crippen molar-refractivity contribution < 1.29 is 4.39 Å². The molecule has 4 nitrogen and oxygen atoms in total. The van der Waals surface area contributed by atoms with E-state index in [-0.39, 0.29) is 5.82 Å². The lowest BCUT2D eigenvalue weighted by Crippen LogP contribution is -2.28. The Morgan fingerprint density at radius 1 is 1.08 bits per heavy atom. The Balaban J connectivity index is 1.79. The van der Waals surface area contributed by atoms with Gasteiger partial charge in [0.25, 0.3) is 0 Å². The number of fused-ring (bicyclic) bond motifs is 1. The fraction of sp³-hybridized carbons (Fsp3) is 0.167. The van der Waals surface area contributed by atoms with E-state index in [1.807, 2.05) is 24.3 Å². The van der Waals surface area contributed by atoms with Gasteiger partial charge in [0, 0.05) is 28.8 Å². The van der Waals surface area contributed by atoms with Crippen LogP contribution in [-0.2, 0) is 13.1 Å². The largest absolute Gasteiger partial charge is 0.340 e. The van der Waals surface area contributed by atoms with Crippen molar-refractivity contribution in [1.29, 1.82) is 0 Å². The summed E-state index contributed by atoms with van der Waals surface area (Å²) in [5.74, 6) is 1.69. The molecule has 0 saturated carbocycles. The second-order valence-corrected chi connectivity index (χ2v) is 6.61. The normalized spacial score (nSPS) is 13.6. The summed E-state index contributed by atoms with van der Waals surface area (Å²) in [6.45, 7) is 2.49. The van der Waals surface area contributed by atoms with E-state index in [0.29, 0.717) is 0 Å². The number of hydrogen-bond acceptors (Lipinski definition) is 3. The number of benzene rings is 2. The Bertz CT molecular complexity index is 856. The highest BCUT2D eigenvalue weighted by Gasteiger charge is 2.20. The highest BCUT2D eigenvalue weighted by atomic mass is 79.9. The first kappa shape index (κ1) is 15.4. The van der Waals surface area contributed by atoms with Gasteiger partial charge in [-0.3, -0.25) is 0 Å². The lowest BCUT2D eigenvalue weighted by molar-refractivity contribution is 0.509. The number of rotatable bonds is 3. The average molecular weight is 387 g/mol. The molecule has 0 atom stereocenters. The maximum Gasteiger partial charge on any atom is 0.138 e. The van der Waals surface area contributed by atoms with Gasteiger partial charge in [0.1, 0.15) is 23.2 Å². The first-order chi connectivity index (χ1) is 11.7. The maximum absolute atomic E-state index is 13.3. The smallest absolute Gasteiger partial charge is 0.138 e. The van der Waals surface area contributed by atoms with E-state index in [1.165, 1.54) is 12.1 Å². The molecule has 4 rings (SSSR count). The van der Waals surface area contributed by atoms with Crippen molar-refractivity contribution in [2.75, 3.05) is 11.9 Å². The number of hydrogen-bond donors (Lipinski definition) is 2. The topological polar surface area (TPSA) is 41.9 Å². The molecule has 122 valence electrons. The van der Waals surface area contributed by atoms with Crippen LogP contribution in [0.2, 0.25) is 0 Å². The van der Waals surface area contributed by atoms with Crippen LogP contribution >= 0.6 is 15.9 Å². The van der Waals surface area contributed by atoms with Crippen molar-refractivity contribution in [2.24, 2.45) is 0 Å². The van der Waals surface area contributed by atoms with Gasteiger partial charge >= 0.3 is 0 Å². The summed E-state index contributed by atoms with van der Waals surface area (Å²) >= 11 is 3.45. The predicted octanol–water partition coefficient (Wildman–Crippen LogP) is 4.30. The van der Waals surface area contributed by atoms with E-state index in [0.717, 1.165) is 52.7 Å². The molecule has 0 unspecified atom stereocenters. The van der Waals surface area contributed by atoms with Gasteiger partial charge in [0.05, 0.1) is 6.54 Å². The molecule has 1 aromatic heterocycles. The minimum Gasteiger partial charge on any atom is -0.340 e. The minimum atomic E-state index is -0.244. The van der Waals surface area contributed by atoms with Gasteiger partial charge in [0.2, 0.25) is 0 Å². The first-order valence-corrected chi connectivity index (χ1v) is 8.59. The molecule has 0 bridgehead atoms. The fourth-order valence-electron chi connectivity index (χ4n) is 2.87. The van der Waals surface area contributed by atoms with E-state index in [1.54, 1.807) is 12.1 Å². The quantitative estimate of drug-likeness (QED) is 0.704. The zero-order valence-electron chi connectivity index (χ0n) is 12.9. The summed E-state index contributed by atoms with van der Waals surface area (Å²) in [5, 5.41) is 6.82. The molecule has 2 heterocycles. The third-order valence-corrected chi connectivity index (χ3v) is 4.60. The summed E-state index contributed by atoms with van der Waals surface area (Å²) in [6.07, 6.45) is 0. The van der Waals surface area contributed by atoms with E-state index in [2.05, 4.69) is 31.1 Å². The Morgan fingerprint density at radius 3 is 2.58 bits per heavy atom. The Hall–Kier alpha value is -2.18. The summed E-state index contributed by atoms with van der Waals surface area (Å²) in [5.41, 5.74) is 2.73. The Labute approximate surface area is 147 Å². The number of aromatic nitrogens is 2. The van der Waals surface area contributed by atoms with Crippen LogP contribution in [0, 0.1) is 5.82 Å². The molecular formula is C18H16BrFN4. The van der Waals surface area contributed by atoms with E-state index in [4.69, 9.17) is 4.98 Å². The van der Waals surface area contributed by atoms with Gasteiger partial charge in [-0.1, -0.05) is 15.9 Å². The maximum atomic E-state index is 13.3. The molecule has 0 aliphatic carbocycles. The van der Waals surface area contributed by atoms with Gasteiger partial charge in [-0.15, -0.1) is 0 Å². The molecule has 2 aromatic carbocycles. The molecule has 24 heavy (non-hydrogen) atoms. The number of nitrogens with one attached hydrogen (secondary N) is 2. The van der Waals surface area contributed by atoms with Crippen LogP contribution in [0.5, 0.6) is 0 Å². The predicted molar refractivity (Wildman–Crippen MR) is 96.8 cm³/mol. The summed E-state index contributed by atoms with van der Waals surface area (Å²) in [7, 11) is 0. The van der Waals surface area contributed by atoms with Crippen molar-refractivity contribution in [2.45, 2.75) is 13.1 Å². The second kappa shape index (κ2) is 6.37. The summed E-state index contributed by atoms with van der Waals surface area (Å²) in [6, 6.07) is 14.5. The van der Waals surface area contributed by atoms with Crippen molar-refractivity contribution in [3.05, 3.63) is 64.6 Å². The van der Waals surface area contributed by atoms with Crippen molar-refractivity contribution >= 4 is 27.4 Å². The van der Waals surface area contributed by atoms with Crippen LogP contribution in [0.15, 0.2) is 53.0 Å². The number of halogens is 2. The van der Waals surface area contributed by atoms with Crippen LogP contribution in [-0.4, -0.2) is 16.1 Å². The molecule has 2 N–H and O–H groups in total. The third-order valence-electron chi connectivity index (χ3n) is 4.07. The number of anilines is 2. The molecule has 0 radical (unpaired) electrons. The summed E-state index contributed by atoms with van der Waals surface area (Å²) in [4.78, 5) is 4.77. The zero-order chi connectivity index (χ0) is 16.5. The lowest BCUT2D eigenvalue weighted by Gasteiger charge is -2.18. The van der Waals surface area contributed by atoms with Crippen LogP contribution < -0.4 is 10.6 Å². The second-order valence-electron chi connectivity index (χ2n) is 5.69. The Morgan fingerprint density at radius 2 is 1.83 bits per heavy atom. The highest BCUT2D eigenvalue weighted by molar-refractivity contribution is 9.10. The molecule has 3 aromatic rings. The van der Waals surface area contributed by atoms with Gasteiger partial charge in [-0.2, -0.15) is 0 Å². The summed E-state index contributed by atoms with van der Waals surface area (Å²) < 4.78 is 16.5. The molecular weight excluding hydrogens is 371 g/mol. The third kappa shape index (κ3) is 2.95. The zero-order valence-corrected chi connectivity index (χ0v) is 14.5. The van der Waals surface area contributed by atoms with Gasteiger partial charge < -0.3 is 15.2 Å². The van der Waals surface area contributed by atoms with Gasteiger partial charge in [-0.25, -0.2) is 9.37 Å². The minimum absolute atomic E-state index is 0.244. The molecule has 0 amide bonds. The first-order valence-electron chi connectivity index (χ1n) is 7.79. The van der Waals surface area contributed by atoms with Crippen LogP contribution in [0.1, 0.15) is 5.82 Å². The number of imidazole rings is 1. The van der Waals surface area contributed by atoms with Gasteiger partial charge in [0.15, 0.2) is 0 Å². The molecule has 1 aliphatic heterocycles. The van der Waals surface area contributed by atoms with Crippen molar-refractivity contribution in [3.8, 4) is 11.3 Å². The van der Waals surface area contributed by atoms with Crippen LogP contribution in [0.25, 0.3) is 11.3 Å². The van der Waals surface area contributed by atoms with E-state index < -0.39 is 0 Å². The molecule has 0 fully saturated rings. The monoisotopic (exact) mass is 386 g/mol. The van der Waals surface area contributed by atoms with Crippen molar-refractivity contribution in [3.63, 3.8) is 0 Å². The molecule has 6 heteroatoms. The van der Waals surface area contributed by atoms with Gasteiger partial charge in [-0.05, 0) is 48.5 Å². The van der Waals surface area contributed by atoms with E-state index >= 15 is 0 Å².